The number of imidazole rings is 1. The molecule has 1 aromatic rings. The molecule has 0 fully saturated rings. The van der Waals surface area contributed by atoms with Crippen LogP contribution in [0.1, 0.15) is 19.5 Å². The molecule has 120 valence electrons. The van der Waals surface area contributed by atoms with Gasteiger partial charge in [-0.15, -0.1) is 0 Å². The summed E-state index contributed by atoms with van der Waals surface area (Å²) >= 11 is 0. The largest absolute Gasteiger partial charge is 0.358 e. The van der Waals surface area contributed by atoms with Gasteiger partial charge >= 0.3 is 7.60 Å². The van der Waals surface area contributed by atoms with E-state index < -0.39 is 13.6 Å². The maximum absolute atomic E-state index is 12.4. The molecule has 1 atom stereocenters. The van der Waals surface area contributed by atoms with Crippen LogP contribution in [-0.2, 0) is 24.8 Å². The van der Waals surface area contributed by atoms with Gasteiger partial charge < -0.3 is 19.3 Å². The highest BCUT2D eigenvalue weighted by Gasteiger charge is 2.27. The first-order valence-electron chi connectivity index (χ1n) is 6.85. The fourth-order valence-electron chi connectivity index (χ4n) is 1.79. The van der Waals surface area contributed by atoms with Crippen molar-refractivity contribution >= 4 is 13.5 Å². The Morgan fingerprint density at radius 3 is 2.57 bits per heavy atom. The average molecular weight is 318 g/mol. The van der Waals surface area contributed by atoms with Crippen LogP contribution in [0.15, 0.2) is 12.5 Å². The van der Waals surface area contributed by atoms with Crippen LogP contribution in [0.2, 0.25) is 0 Å². The van der Waals surface area contributed by atoms with Crippen molar-refractivity contribution in [2.75, 3.05) is 26.5 Å². The summed E-state index contributed by atoms with van der Waals surface area (Å²) in [5.74, 6) is -0.211. The molecular formula is C12H23N4O4P. The molecule has 8 nitrogen and oxygen atoms in total. The molecule has 0 saturated heterocycles. The summed E-state index contributed by atoms with van der Waals surface area (Å²) in [6, 6.07) is -0.562. The zero-order valence-electron chi connectivity index (χ0n) is 12.6. The minimum absolute atomic E-state index is 0.0306. The molecule has 21 heavy (non-hydrogen) atoms. The van der Waals surface area contributed by atoms with E-state index in [-0.39, 0.29) is 25.4 Å². The molecule has 0 aliphatic carbocycles. The van der Waals surface area contributed by atoms with E-state index in [4.69, 9.17) is 9.05 Å². The number of rotatable bonds is 10. The number of aromatic amines is 1. The maximum Gasteiger partial charge on any atom is 0.344 e. The van der Waals surface area contributed by atoms with E-state index in [1.807, 2.05) is 0 Å². The van der Waals surface area contributed by atoms with Gasteiger partial charge in [0.2, 0.25) is 5.91 Å². The Balaban J connectivity index is 2.67. The summed E-state index contributed by atoms with van der Waals surface area (Å²) in [5, 5.41) is 5.51. The van der Waals surface area contributed by atoms with Crippen molar-refractivity contribution in [2.24, 2.45) is 0 Å². The second-order valence-corrected chi connectivity index (χ2v) is 6.29. The van der Waals surface area contributed by atoms with Crippen LogP contribution in [0.5, 0.6) is 0 Å². The average Bonchev–Trinajstić information content (AvgIpc) is 2.96. The first kappa shape index (κ1) is 17.8. The van der Waals surface area contributed by atoms with E-state index in [1.165, 1.54) is 0 Å². The fourth-order valence-corrected chi connectivity index (χ4v) is 3.28. The normalized spacial score (nSPS) is 13.1. The summed E-state index contributed by atoms with van der Waals surface area (Å²) in [7, 11) is -1.68. The standard InChI is InChI=1S/C12H23N4O4P/c1-4-19-21(18,20-5-2)9-16-11(12(17)13-3)6-10-7-14-8-15-10/h7-8,11,16H,4-6,9H2,1-3H3,(H,13,17)(H,14,15)/t11-/m0/s1. The summed E-state index contributed by atoms with van der Waals surface area (Å²) in [5.41, 5.74) is 0.735. The van der Waals surface area contributed by atoms with Gasteiger partial charge in [-0.05, 0) is 13.8 Å². The summed E-state index contributed by atoms with van der Waals surface area (Å²) in [6.45, 7) is 4.04. The van der Waals surface area contributed by atoms with E-state index in [9.17, 15) is 9.36 Å². The second-order valence-electron chi connectivity index (χ2n) is 4.24. The van der Waals surface area contributed by atoms with Crippen molar-refractivity contribution < 1.29 is 18.4 Å². The zero-order valence-corrected chi connectivity index (χ0v) is 13.5. The molecule has 1 amide bonds. The number of nitrogens with zero attached hydrogens (tertiary/aromatic N) is 1. The number of hydrogen-bond donors (Lipinski definition) is 3. The third kappa shape index (κ3) is 5.97. The molecule has 0 bridgehead atoms. The molecule has 1 heterocycles. The minimum atomic E-state index is -3.23. The number of carbonyl (C=O) groups excluding carboxylic acids is 1. The molecule has 0 aliphatic heterocycles. The van der Waals surface area contributed by atoms with E-state index in [0.29, 0.717) is 6.42 Å². The van der Waals surface area contributed by atoms with Crippen molar-refractivity contribution in [3.05, 3.63) is 18.2 Å². The fraction of sp³-hybridized carbons (Fsp3) is 0.667. The summed E-state index contributed by atoms with van der Waals surface area (Å²) < 4.78 is 22.7. The lowest BCUT2D eigenvalue weighted by molar-refractivity contribution is -0.122. The lowest BCUT2D eigenvalue weighted by Crippen LogP contribution is -2.45. The summed E-state index contributed by atoms with van der Waals surface area (Å²) in [4.78, 5) is 18.8. The number of carbonyl (C=O) groups is 1. The molecule has 0 aliphatic rings. The molecule has 0 unspecified atom stereocenters. The van der Waals surface area contributed by atoms with Crippen LogP contribution in [0.25, 0.3) is 0 Å². The molecule has 1 aromatic heterocycles. The third-order valence-corrected chi connectivity index (χ3v) is 4.59. The number of likely N-dealkylation sites (N-methyl/N-ethyl adjacent to an activating group) is 1. The van der Waals surface area contributed by atoms with Crippen LogP contribution < -0.4 is 10.6 Å². The Morgan fingerprint density at radius 1 is 1.43 bits per heavy atom. The lowest BCUT2D eigenvalue weighted by Gasteiger charge is -2.21. The Hall–Kier alpha value is -1.21. The number of aromatic nitrogens is 2. The Morgan fingerprint density at radius 2 is 2.10 bits per heavy atom. The predicted octanol–water partition coefficient (Wildman–Crippen LogP) is 0.880. The highest BCUT2D eigenvalue weighted by Crippen LogP contribution is 2.46. The van der Waals surface area contributed by atoms with Crippen molar-refractivity contribution in [3.8, 4) is 0 Å². The van der Waals surface area contributed by atoms with Gasteiger partial charge in [0.1, 0.15) is 0 Å². The van der Waals surface area contributed by atoms with Crippen LogP contribution in [0.4, 0.5) is 0 Å². The number of hydrogen-bond acceptors (Lipinski definition) is 6. The van der Waals surface area contributed by atoms with Crippen molar-refractivity contribution in [1.82, 2.24) is 20.6 Å². The monoisotopic (exact) mass is 318 g/mol. The van der Waals surface area contributed by atoms with Crippen LogP contribution in [-0.4, -0.2) is 48.5 Å². The number of H-pyrrole nitrogens is 1. The van der Waals surface area contributed by atoms with Crippen LogP contribution in [0, 0.1) is 0 Å². The molecular weight excluding hydrogens is 295 g/mol. The van der Waals surface area contributed by atoms with E-state index in [1.54, 1.807) is 33.4 Å². The quantitative estimate of drug-likeness (QED) is 0.553. The van der Waals surface area contributed by atoms with Crippen molar-refractivity contribution in [1.29, 1.82) is 0 Å². The highest BCUT2D eigenvalue weighted by atomic mass is 31.2. The summed E-state index contributed by atoms with van der Waals surface area (Å²) in [6.07, 6.45) is 3.60. The maximum atomic E-state index is 12.4. The molecule has 0 saturated carbocycles. The smallest absolute Gasteiger partial charge is 0.344 e. The molecule has 1 rings (SSSR count). The van der Waals surface area contributed by atoms with Crippen molar-refractivity contribution in [2.45, 2.75) is 26.3 Å². The number of amides is 1. The molecule has 0 radical (unpaired) electrons. The van der Waals surface area contributed by atoms with Gasteiger partial charge in [-0.3, -0.25) is 14.7 Å². The molecule has 0 aromatic carbocycles. The van der Waals surface area contributed by atoms with Gasteiger partial charge in [-0.1, -0.05) is 0 Å². The van der Waals surface area contributed by atoms with Gasteiger partial charge in [0.05, 0.1) is 37.6 Å². The first-order chi connectivity index (χ1) is 10.0. The molecule has 0 spiro atoms. The Labute approximate surface area is 124 Å². The van der Waals surface area contributed by atoms with Crippen LogP contribution in [0.3, 0.4) is 0 Å². The predicted molar refractivity (Wildman–Crippen MR) is 79.0 cm³/mol. The topological polar surface area (TPSA) is 105 Å². The molecule has 9 heteroatoms. The van der Waals surface area contributed by atoms with Crippen molar-refractivity contribution in [3.63, 3.8) is 0 Å². The Bertz CT molecular complexity index is 456. The van der Waals surface area contributed by atoms with E-state index >= 15 is 0 Å². The highest BCUT2D eigenvalue weighted by molar-refractivity contribution is 7.53. The number of nitrogens with one attached hydrogen (secondary N) is 3. The van der Waals surface area contributed by atoms with Crippen LogP contribution >= 0.6 is 7.60 Å². The van der Waals surface area contributed by atoms with E-state index in [0.717, 1.165) is 5.69 Å². The Kier molecular flexibility index (Phi) is 7.60. The van der Waals surface area contributed by atoms with Gasteiger partial charge in [-0.2, -0.15) is 0 Å². The van der Waals surface area contributed by atoms with Gasteiger partial charge in [0.15, 0.2) is 0 Å². The minimum Gasteiger partial charge on any atom is -0.358 e. The SMILES string of the molecule is CCOP(=O)(CN[C@@H](Cc1c[nH]cn1)C(=O)NC)OCC. The third-order valence-electron chi connectivity index (χ3n) is 2.71. The molecule has 3 N–H and O–H groups in total. The van der Waals surface area contributed by atoms with Gasteiger partial charge in [-0.25, -0.2) is 4.98 Å². The van der Waals surface area contributed by atoms with Gasteiger partial charge in [0.25, 0.3) is 0 Å². The zero-order chi connectivity index (χ0) is 15.7. The van der Waals surface area contributed by atoms with Gasteiger partial charge in [0, 0.05) is 19.7 Å². The second kappa shape index (κ2) is 8.94. The lowest BCUT2D eigenvalue weighted by atomic mass is 10.1. The first-order valence-corrected chi connectivity index (χ1v) is 8.58. The van der Waals surface area contributed by atoms with E-state index in [2.05, 4.69) is 20.6 Å².